The van der Waals surface area contributed by atoms with Gasteiger partial charge < -0.3 is 0 Å². The molecule has 0 fully saturated rings. The van der Waals surface area contributed by atoms with Gasteiger partial charge in [-0.1, -0.05) is 36.5 Å². The molecule has 0 N–H and O–H groups in total. The fourth-order valence-corrected chi connectivity index (χ4v) is 0.926. The molecule has 0 aromatic carbocycles. The molecular formula is C10H12. The largest absolute Gasteiger partial charge is 0.103 e. The maximum atomic E-state index is 3.69. The summed E-state index contributed by atoms with van der Waals surface area (Å²) in [5.41, 5.74) is 1.34. The molecule has 52 valence electrons. The fraction of sp³-hybridized carbons (Fsp3) is 0.200. The van der Waals surface area contributed by atoms with Crippen LogP contribution in [0.4, 0.5) is 0 Å². The van der Waals surface area contributed by atoms with Crippen LogP contribution in [0.1, 0.15) is 12.8 Å². The van der Waals surface area contributed by atoms with Crippen molar-refractivity contribution in [2.75, 3.05) is 0 Å². The third-order valence-electron chi connectivity index (χ3n) is 1.43. The second kappa shape index (κ2) is 3.89. The molecule has 0 aromatic heterocycles. The van der Waals surface area contributed by atoms with Crippen LogP contribution in [0.3, 0.4) is 0 Å². The lowest BCUT2D eigenvalue weighted by atomic mass is 10.2. The standard InChI is InChI=1S/C10H12/c1-2-7-10-8-5-3-4-6-9-10/h2-3,5-6,8-9H,1,4,7H2. The highest BCUT2D eigenvalue weighted by Gasteiger charge is 1.87. The van der Waals surface area contributed by atoms with Crippen molar-refractivity contribution >= 4 is 0 Å². The van der Waals surface area contributed by atoms with Crippen molar-refractivity contribution in [1.29, 1.82) is 0 Å². The lowest BCUT2D eigenvalue weighted by molar-refractivity contribution is 1.29. The van der Waals surface area contributed by atoms with Crippen molar-refractivity contribution in [2.24, 2.45) is 0 Å². The molecule has 0 spiro atoms. The molecule has 10 heavy (non-hydrogen) atoms. The van der Waals surface area contributed by atoms with Crippen molar-refractivity contribution < 1.29 is 0 Å². The second-order valence-corrected chi connectivity index (χ2v) is 2.30. The predicted molar refractivity (Wildman–Crippen MR) is 45.8 cm³/mol. The van der Waals surface area contributed by atoms with Gasteiger partial charge in [-0.25, -0.2) is 0 Å². The zero-order valence-electron chi connectivity index (χ0n) is 6.09. The molecule has 0 heteroatoms. The minimum Gasteiger partial charge on any atom is -0.103 e. The van der Waals surface area contributed by atoms with E-state index < -0.39 is 0 Å². The first-order valence-electron chi connectivity index (χ1n) is 3.56. The number of allylic oxidation sites excluding steroid dienone is 7. The monoisotopic (exact) mass is 132 g/mol. The number of rotatable bonds is 2. The minimum absolute atomic E-state index is 0.973. The van der Waals surface area contributed by atoms with Crippen molar-refractivity contribution in [3.05, 3.63) is 48.6 Å². The van der Waals surface area contributed by atoms with Crippen molar-refractivity contribution in [3.63, 3.8) is 0 Å². The van der Waals surface area contributed by atoms with Crippen LogP contribution in [0, 0.1) is 0 Å². The highest BCUT2D eigenvalue weighted by molar-refractivity contribution is 5.28. The first-order chi connectivity index (χ1) is 4.93. The van der Waals surface area contributed by atoms with Crippen molar-refractivity contribution in [1.82, 2.24) is 0 Å². The molecule has 0 aliphatic heterocycles. The van der Waals surface area contributed by atoms with E-state index in [1.165, 1.54) is 5.57 Å². The topological polar surface area (TPSA) is 0 Å². The van der Waals surface area contributed by atoms with Gasteiger partial charge in [-0.3, -0.25) is 0 Å². The van der Waals surface area contributed by atoms with E-state index in [1.807, 2.05) is 6.08 Å². The summed E-state index contributed by atoms with van der Waals surface area (Å²) in [5, 5.41) is 0. The lowest BCUT2D eigenvalue weighted by Crippen LogP contribution is -1.71. The third kappa shape index (κ3) is 2.06. The molecule has 0 aromatic rings. The Morgan fingerprint density at radius 2 is 2.40 bits per heavy atom. The Morgan fingerprint density at radius 1 is 1.50 bits per heavy atom. The Kier molecular flexibility index (Phi) is 2.75. The van der Waals surface area contributed by atoms with Crippen LogP contribution in [-0.2, 0) is 0 Å². The van der Waals surface area contributed by atoms with E-state index in [2.05, 4.69) is 37.0 Å². The molecular weight excluding hydrogens is 120 g/mol. The summed E-state index contributed by atoms with van der Waals surface area (Å²) in [6, 6.07) is 0. The van der Waals surface area contributed by atoms with Crippen LogP contribution < -0.4 is 0 Å². The van der Waals surface area contributed by atoms with Crippen LogP contribution in [0.2, 0.25) is 0 Å². The van der Waals surface area contributed by atoms with Gasteiger partial charge in [0.15, 0.2) is 0 Å². The number of hydrogen-bond donors (Lipinski definition) is 0. The lowest BCUT2D eigenvalue weighted by Gasteiger charge is -1.91. The van der Waals surface area contributed by atoms with Gasteiger partial charge in [-0.2, -0.15) is 0 Å². The Balaban J connectivity index is 2.63. The first-order valence-corrected chi connectivity index (χ1v) is 3.56. The van der Waals surface area contributed by atoms with Gasteiger partial charge in [0.2, 0.25) is 0 Å². The van der Waals surface area contributed by atoms with Crippen LogP contribution in [0.15, 0.2) is 48.6 Å². The summed E-state index contributed by atoms with van der Waals surface area (Å²) >= 11 is 0. The minimum atomic E-state index is 0.973. The second-order valence-electron chi connectivity index (χ2n) is 2.30. The molecule has 0 atom stereocenters. The van der Waals surface area contributed by atoms with Gasteiger partial charge in [0, 0.05) is 0 Å². The smallest absolute Gasteiger partial charge is 0.0100 e. The molecule has 0 nitrogen and oxygen atoms in total. The van der Waals surface area contributed by atoms with Crippen molar-refractivity contribution in [3.8, 4) is 0 Å². The summed E-state index contributed by atoms with van der Waals surface area (Å²) in [4.78, 5) is 0. The highest BCUT2D eigenvalue weighted by atomic mass is 13.9. The molecule has 0 bridgehead atoms. The van der Waals surface area contributed by atoms with Gasteiger partial charge in [-0.05, 0) is 18.4 Å². The quantitative estimate of drug-likeness (QED) is 0.507. The molecule has 1 aliphatic rings. The first kappa shape index (κ1) is 7.07. The van der Waals surface area contributed by atoms with E-state index in [4.69, 9.17) is 0 Å². The normalized spacial score (nSPS) is 16.2. The Morgan fingerprint density at radius 3 is 3.20 bits per heavy atom. The maximum absolute atomic E-state index is 3.69. The zero-order valence-corrected chi connectivity index (χ0v) is 6.09. The molecule has 0 radical (unpaired) electrons. The molecule has 0 unspecified atom stereocenters. The van der Waals surface area contributed by atoms with Gasteiger partial charge in [0.25, 0.3) is 0 Å². The van der Waals surface area contributed by atoms with Gasteiger partial charge in [0.05, 0.1) is 0 Å². The molecule has 0 heterocycles. The molecule has 0 amide bonds. The van der Waals surface area contributed by atoms with E-state index in [1.54, 1.807) is 0 Å². The predicted octanol–water partition coefficient (Wildman–Crippen LogP) is 3.01. The van der Waals surface area contributed by atoms with Gasteiger partial charge >= 0.3 is 0 Å². The van der Waals surface area contributed by atoms with E-state index in [-0.39, 0.29) is 0 Å². The van der Waals surface area contributed by atoms with E-state index in [0.29, 0.717) is 0 Å². The van der Waals surface area contributed by atoms with Crippen LogP contribution >= 0.6 is 0 Å². The number of hydrogen-bond acceptors (Lipinski definition) is 0. The SMILES string of the molecule is C=CCC1=CC=CCC=C1. The Labute approximate surface area is 62.3 Å². The van der Waals surface area contributed by atoms with Crippen LogP contribution in [0.25, 0.3) is 0 Å². The van der Waals surface area contributed by atoms with E-state index >= 15 is 0 Å². The molecule has 1 rings (SSSR count). The molecule has 0 saturated carbocycles. The molecule has 1 aliphatic carbocycles. The van der Waals surface area contributed by atoms with E-state index in [0.717, 1.165) is 12.8 Å². The summed E-state index contributed by atoms with van der Waals surface area (Å²) in [6.45, 7) is 3.69. The highest BCUT2D eigenvalue weighted by Crippen LogP contribution is 2.08. The Bertz CT molecular complexity index is 192. The average molecular weight is 132 g/mol. The summed E-state index contributed by atoms with van der Waals surface area (Å²) in [7, 11) is 0. The summed E-state index contributed by atoms with van der Waals surface area (Å²) in [6.07, 6.45) is 14.6. The van der Waals surface area contributed by atoms with Crippen LogP contribution in [-0.4, -0.2) is 0 Å². The van der Waals surface area contributed by atoms with Crippen LogP contribution in [0.5, 0.6) is 0 Å². The average Bonchev–Trinajstić information content (AvgIpc) is 2.17. The maximum Gasteiger partial charge on any atom is -0.0100 e. The van der Waals surface area contributed by atoms with E-state index in [9.17, 15) is 0 Å². The fourth-order valence-electron chi connectivity index (χ4n) is 0.926. The third-order valence-corrected chi connectivity index (χ3v) is 1.43. The zero-order chi connectivity index (χ0) is 7.23. The van der Waals surface area contributed by atoms with Gasteiger partial charge in [-0.15, -0.1) is 6.58 Å². The molecule has 0 saturated heterocycles. The summed E-state index contributed by atoms with van der Waals surface area (Å²) < 4.78 is 0. The van der Waals surface area contributed by atoms with Crippen molar-refractivity contribution in [2.45, 2.75) is 12.8 Å². The Hall–Kier alpha value is -1.04. The summed E-state index contributed by atoms with van der Waals surface area (Å²) in [5.74, 6) is 0. The van der Waals surface area contributed by atoms with Gasteiger partial charge in [0.1, 0.15) is 0 Å².